The molecule has 1 unspecified atom stereocenters. The van der Waals surface area contributed by atoms with Gasteiger partial charge in [0.05, 0.1) is 6.61 Å². The lowest BCUT2D eigenvalue weighted by molar-refractivity contribution is -0.116. The van der Waals surface area contributed by atoms with Crippen molar-refractivity contribution in [2.24, 2.45) is 10.9 Å². The summed E-state index contributed by atoms with van der Waals surface area (Å²) in [6, 6.07) is 5.56. The molecule has 132 valence electrons. The van der Waals surface area contributed by atoms with E-state index in [1.807, 2.05) is 19.1 Å². The van der Waals surface area contributed by atoms with Crippen LogP contribution in [0.25, 0.3) is 0 Å². The van der Waals surface area contributed by atoms with E-state index >= 15 is 0 Å². The predicted octanol–water partition coefficient (Wildman–Crippen LogP) is 1.26. The second kappa shape index (κ2) is 9.22. The van der Waals surface area contributed by atoms with Gasteiger partial charge in [-0.15, -0.1) is 0 Å². The zero-order valence-corrected chi connectivity index (χ0v) is 14.7. The molecule has 1 aromatic rings. The first kappa shape index (κ1) is 18.2. The number of aromatic nitrogens is 1. The lowest BCUT2D eigenvalue weighted by Crippen LogP contribution is -2.41. The predicted molar refractivity (Wildman–Crippen MR) is 95.1 cm³/mol. The number of likely N-dealkylation sites (tertiary alicyclic amines) is 1. The Bertz CT molecular complexity index is 576. The molecule has 1 atom stereocenters. The minimum absolute atomic E-state index is 0.0604. The Morgan fingerprint density at radius 1 is 1.50 bits per heavy atom. The SMILES string of the molecule is CN=C(NCCC(=O)Nc1cccc(C)n1)N1CCC(COC)C1. The van der Waals surface area contributed by atoms with Gasteiger partial charge in [0.25, 0.3) is 0 Å². The molecule has 0 aromatic carbocycles. The van der Waals surface area contributed by atoms with Crippen molar-refractivity contribution in [3.05, 3.63) is 23.9 Å². The van der Waals surface area contributed by atoms with Crippen LogP contribution in [0.15, 0.2) is 23.2 Å². The van der Waals surface area contributed by atoms with E-state index in [1.165, 1.54) is 0 Å². The number of pyridine rings is 1. The summed E-state index contributed by atoms with van der Waals surface area (Å²) >= 11 is 0. The van der Waals surface area contributed by atoms with Crippen LogP contribution < -0.4 is 10.6 Å². The maximum Gasteiger partial charge on any atom is 0.227 e. The van der Waals surface area contributed by atoms with Crippen LogP contribution >= 0.6 is 0 Å². The Morgan fingerprint density at radius 2 is 2.33 bits per heavy atom. The third-order valence-corrected chi connectivity index (χ3v) is 3.99. The average molecular weight is 333 g/mol. The number of carbonyl (C=O) groups is 1. The highest BCUT2D eigenvalue weighted by Crippen LogP contribution is 2.16. The van der Waals surface area contributed by atoms with Crippen molar-refractivity contribution in [1.82, 2.24) is 15.2 Å². The van der Waals surface area contributed by atoms with Gasteiger partial charge in [0.1, 0.15) is 5.82 Å². The van der Waals surface area contributed by atoms with Gasteiger partial charge in [-0.3, -0.25) is 9.79 Å². The number of anilines is 1. The molecule has 0 saturated carbocycles. The number of methoxy groups -OCH3 is 1. The van der Waals surface area contributed by atoms with Crippen molar-refractivity contribution in [2.45, 2.75) is 19.8 Å². The largest absolute Gasteiger partial charge is 0.384 e. The zero-order chi connectivity index (χ0) is 17.4. The first-order chi connectivity index (χ1) is 11.6. The first-order valence-electron chi connectivity index (χ1n) is 8.30. The van der Waals surface area contributed by atoms with Crippen LogP contribution in [-0.2, 0) is 9.53 Å². The zero-order valence-electron chi connectivity index (χ0n) is 14.7. The van der Waals surface area contributed by atoms with Gasteiger partial charge in [-0.05, 0) is 25.5 Å². The van der Waals surface area contributed by atoms with E-state index < -0.39 is 0 Å². The van der Waals surface area contributed by atoms with Gasteiger partial charge in [-0.1, -0.05) is 6.07 Å². The number of hydrogen-bond acceptors (Lipinski definition) is 4. The number of rotatable bonds is 6. The van der Waals surface area contributed by atoms with Crippen LogP contribution in [0.1, 0.15) is 18.5 Å². The highest BCUT2D eigenvalue weighted by atomic mass is 16.5. The third kappa shape index (κ3) is 5.49. The van der Waals surface area contributed by atoms with Gasteiger partial charge in [-0.25, -0.2) is 4.98 Å². The van der Waals surface area contributed by atoms with E-state index in [0.29, 0.717) is 24.7 Å². The Labute approximate surface area is 143 Å². The Hall–Kier alpha value is -2.15. The molecule has 1 amide bonds. The average Bonchev–Trinajstić information content (AvgIpc) is 3.00. The van der Waals surface area contributed by atoms with Crippen molar-refractivity contribution >= 4 is 17.7 Å². The summed E-state index contributed by atoms with van der Waals surface area (Å²) < 4.78 is 5.22. The fourth-order valence-corrected chi connectivity index (χ4v) is 2.83. The normalized spacial score (nSPS) is 17.9. The number of nitrogens with one attached hydrogen (secondary N) is 2. The van der Waals surface area contributed by atoms with Crippen molar-refractivity contribution in [1.29, 1.82) is 0 Å². The monoisotopic (exact) mass is 333 g/mol. The molecule has 1 aromatic heterocycles. The third-order valence-electron chi connectivity index (χ3n) is 3.99. The van der Waals surface area contributed by atoms with Gasteiger partial charge in [0.2, 0.25) is 5.91 Å². The van der Waals surface area contributed by atoms with E-state index in [2.05, 4.69) is 25.5 Å². The molecule has 7 nitrogen and oxygen atoms in total. The second-order valence-electron chi connectivity index (χ2n) is 5.99. The summed E-state index contributed by atoms with van der Waals surface area (Å²) in [7, 11) is 3.50. The van der Waals surface area contributed by atoms with Crippen LogP contribution in [0, 0.1) is 12.8 Å². The molecule has 2 rings (SSSR count). The molecular weight excluding hydrogens is 306 g/mol. The molecule has 0 bridgehead atoms. The molecule has 1 saturated heterocycles. The molecule has 2 N–H and O–H groups in total. The van der Waals surface area contributed by atoms with Crippen molar-refractivity contribution in [3.63, 3.8) is 0 Å². The summed E-state index contributed by atoms with van der Waals surface area (Å²) in [5.41, 5.74) is 0.881. The molecule has 1 aliphatic heterocycles. The molecule has 0 radical (unpaired) electrons. The van der Waals surface area contributed by atoms with Crippen LogP contribution in [0.2, 0.25) is 0 Å². The lowest BCUT2D eigenvalue weighted by Gasteiger charge is -2.21. The van der Waals surface area contributed by atoms with Gasteiger partial charge in [-0.2, -0.15) is 0 Å². The minimum atomic E-state index is -0.0604. The summed E-state index contributed by atoms with van der Waals surface area (Å²) in [4.78, 5) is 22.8. The van der Waals surface area contributed by atoms with Crippen molar-refractivity contribution in [2.75, 3.05) is 45.7 Å². The minimum Gasteiger partial charge on any atom is -0.384 e. The van der Waals surface area contributed by atoms with E-state index in [9.17, 15) is 4.79 Å². The summed E-state index contributed by atoms with van der Waals surface area (Å²) in [5, 5.41) is 6.06. The van der Waals surface area contributed by atoms with Gasteiger partial charge < -0.3 is 20.3 Å². The van der Waals surface area contributed by atoms with Gasteiger partial charge in [0, 0.05) is 51.8 Å². The van der Waals surface area contributed by atoms with E-state index in [0.717, 1.165) is 37.8 Å². The Morgan fingerprint density at radius 3 is 3.04 bits per heavy atom. The lowest BCUT2D eigenvalue weighted by atomic mass is 10.1. The molecule has 24 heavy (non-hydrogen) atoms. The quantitative estimate of drug-likeness (QED) is 0.605. The summed E-state index contributed by atoms with van der Waals surface area (Å²) in [6.45, 7) is 5.11. The number of aryl methyl sites for hydroxylation is 1. The number of amides is 1. The van der Waals surface area contributed by atoms with Crippen LogP contribution in [0.4, 0.5) is 5.82 Å². The smallest absolute Gasteiger partial charge is 0.227 e. The molecule has 0 aliphatic carbocycles. The number of hydrogen-bond donors (Lipinski definition) is 2. The molecule has 7 heteroatoms. The number of carbonyl (C=O) groups excluding carboxylic acids is 1. The Kier molecular flexibility index (Phi) is 6.99. The number of ether oxygens (including phenoxy) is 1. The maximum atomic E-state index is 12.0. The number of aliphatic imine (C=N–C) groups is 1. The standard InChI is InChI=1S/C17H27N5O2/c1-13-5-4-6-15(20-13)21-16(23)7-9-19-17(18-2)22-10-8-14(11-22)12-24-3/h4-6,14H,7-12H2,1-3H3,(H,18,19)(H,20,21,23). The summed E-state index contributed by atoms with van der Waals surface area (Å²) in [5.74, 6) is 1.92. The first-order valence-corrected chi connectivity index (χ1v) is 8.30. The van der Waals surface area contributed by atoms with Crippen LogP contribution in [-0.4, -0.2) is 62.1 Å². The summed E-state index contributed by atoms with van der Waals surface area (Å²) in [6.07, 6.45) is 1.47. The van der Waals surface area contributed by atoms with E-state index in [4.69, 9.17) is 4.74 Å². The van der Waals surface area contributed by atoms with Gasteiger partial charge >= 0.3 is 0 Å². The molecule has 0 spiro atoms. The second-order valence-corrected chi connectivity index (χ2v) is 5.99. The van der Waals surface area contributed by atoms with Crippen LogP contribution in [0.5, 0.6) is 0 Å². The highest BCUT2D eigenvalue weighted by molar-refractivity contribution is 5.90. The van der Waals surface area contributed by atoms with E-state index in [1.54, 1.807) is 20.2 Å². The van der Waals surface area contributed by atoms with E-state index in [-0.39, 0.29) is 5.91 Å². The topological polar surface area (TPSA) is 78.8 Å². The fourth-order valence-electron chi connectivity index (χ4n) is 2.83. The van der Waals surface area contributed by atoms with Gasteiger partial charge in [0.15, 0.2) is 5.96 Å². The molecular formula is C17H27N5O2. The number of nitrogens with zero attached hydrogens (tertiary/aromatic N) is 3. The highest BCUT2D eigenvalue weighted by Gasteiger charge is 2.24. The van der Waals surface area contributed by atoms with Crippen molar-refractivity contribution < 1.29 is 9.53 Å². The Balaban J connectivity index is 1.73. The number of guanidine groups is 1. The molecule has 1 fully saturated rings. The van der Waals surface area contributed by atoms with Crippen LogP contribution in [0.3, 0.4) is 0 Å². The van der Waals surface area contributed by atoms with Crippen molar-refractivity contribution in [3.8, 4) is 0 Å². The molecule has 2 heterocycles. The fraction of sp³-hybridized carbons (Fsp3) is 0.588. The molecule has 1 aliphatic rings. The maximum absolute atomic E-state index is 12.0.